The first-order chi connectivity index (χ1) is 13.4. The molecule has 1 aliphatic heterocycles. The monoisotopic (exact) mass is 401 g/mol. The molecule has 0 fully saturated rings. The van der Waals surface area contributed by atoms with Crippen molar-refractivity contribution in [3.05, 3.63) is 58.1 Å². The summed E-state index contributed by atoms with van der Waals surface area (Å²) in [6, 6.07) is 10.6. The Morgan fingerprint density at radius 3 is 2.75 bits per heavy atom. The van der Waals surface area contributed by atoms with Crippen LogP contribution in [-0.2, 0) is 14.3 Å². The van der Waals surface area contributed by atoms with Crippen molar-refractivity contribution >= 4 is 35.2 Å². The average molecular weight is 402 g/mol. The quantitative estimate of drug-likeness (QED) is 0.766. The molecule has 7 heteroatoms. The number of fused-ring (bicyclic) bond motifs is 1. The molecule has 0 aliphatic carbocycles. The van der Waals surface area contributed by atoms with Gasteiger partial charge in [0, 0.05) is 10.6 Å². The summed E-state index contributed by atoms with van der Waals surface area (Å²) in [6.45, 7) is 3.47. The summed E-state index contributed by atoms with van der Waals surface area (Å²) in [5, 5.41) is 3.26. The lowest BCUT2D eigenvalue weighted by molar-refractivity contribution is -0.149. The Bertz CT molecular complexity index is 954. The van der Waals surface area contributed by atoms with Crippen molar-refractivity contribution in [3.8, 4) is 11.5 Å². The highest BCUT2D eigenvalue weighted by Gasteiger charge is 2.24. The van der Waals surface area contributed by atoms with Crippen LogP contribution in [0.3, 0.4) is 0 Å². The second kappa shape index (κ2) is 8.35. The van der Waals surface area contributed by atoms with Crippen LogP contribution in [0.5, 0.6) is 11.5 Å². The Morgan fingerprint density at radius 2 is 2.00 bits per heavy atom. The number of nitrogens with one attached hydrogen (secondary N) is 1. The maximum Gasteiger partial charge on any atom is 0.338 e. The van der Waals surface area contributed by atoms with Gasteiger partial charge < -0.3 is 19.5 Å². The zero-order valence-corrected chi connectivity index (χ0v) is 16.5. The number of amides is 1. The predicted octanol–water partition coefficient (Wildman–Crippen LogP) is 4.00. The summed E-state index contributed by atoms with van der Waals surface area (Å²) in [6.07, 6.45) is 0.653. The highest BCUT2D eigenvalue weighted by Crippen LogP contribution is 2.29. The first-order valence-corrected chi connectivity index (χ1v) is 9.04. The number of carbonyl (C=O) groups is 2. The number of hydrogen-bond acceptors (Lipinski definition) is 5. The summed E-state index contributed by atoms with van der Waals surface area (Å²) in [4.78, 5) is 24.9. The maximum atomic E-state index is 12.4. The molecule has 0 radical (unpaired) electrons. The predicted molar refractivity (Wildman–Crippen MR) is 107 cm³/mol. The molecular formula is C21H20ClNO5. The third-order valence-electron chi connectivity index (χ3n) is 4.21. The summed E-state index contributed by atoms with van der Waals surface area (Å²) in [7, 11) is 1.52. The van der Waals surface area contributed by atoms with Gasteiger partial charge >= 0.3 is 5.97 Å². The van der Waals surface area contributed by atoms with Gasteiger partial charge in [0.05, 0.1) is 18.4 Å². The molecule has 0 aromatic heterocycles. The van der Waals surface area contributed by atoms with Crippen LogP contribution >= 0.6 is 11.6 Å². The van der Waals surface area contributed by atoms with Crippen molar-refractivity contribution in [2.45, 2.75) is 20.0 Å². The van der Waals surface area contributed by atoms with Crippen LogP contribution in [0.15, 0.2) is 42.0 Å². The molecule has 1 atom stereocenters. The largest absolute Gasteiger partial charge is 0.495 e. The Hall–Kier alpha value is -2.99. The van der Waals surface area contributed by atoms with E-state index < -0.39 is 18.0 Å². The fraction of sp³-hybridized carbons (Fsp3) is 0.238. The van der Waals surface area contributed by atoms with Crippen LogP contribution in [-0.4, -0.2) is 31.7 Å². The Morgan fingerprint density at radius 1 is 1.21 bits per heavy atom. The van der Waals surface area contributed by atoms with Gasteiger partial charge in [0.15, 0.2) is 6.10 Å². The second-order valence-corrected chi connectivity index (χ2v) is 6.82. The molecule has 146 valence electrons. The summed E-state index contributed by atoms with van der Waals surface area (Å²) < 4.78 is 16.1. The highest BCUT2D eigenvalue weighted by atomic mass is 35.5. The Labute approximate surface area is 168 Å². The molecule has 28 heavy (non-hydrogen) atoms. The number of carbonyl (C=O) groups excluding carboxylic acids is 2. The van der Waals surface area contributed by atoms with E-state index in [9.17, 15) is 9.59 Å². The second-order valence-electron chi connectivity index (χ2n) is 6.38. The minimum atomic E-state index is -1.00. The van der Waals surface area contributed by atoms with Crippen molar-refractivity contribution < 1.29 is 23.8 Å². The first-order valence-electron chi connectivity index (χ1n) is 8.67. The number of esters is 1. The number of rotatable bonds is 5. The van der Waals surface area contributed by atoms with Gasteiger partial charge in [0.25, 0.3) is 5.91 Å². The molecule has 1 aliphatic rings. The topological polar surface area (TPSA) is 73.9 Å². The average Bonchev–Trinajstić information content (AvgIpc) is 2.67. The zero-order valence-electron chi connectivity index (χ0n) is 15.7. The molecule has 2 aromatic carbocycles. The van der Waals surface area contributed by atoms with Crippen molar-refractivity contribution in [2.24, 2.45) is 0 Å². The number of ether oxygens (including phenoxy) is 3. The molecule has 3 rings (SSSR count). The molecule has 0 bridgehead atoms. The molecule has 1 heterocycles. The Kier molecular flexibility index (Phi) is 5.90. The van der Waals surface area contributed by atoms with E-state index in [1.165, 1.54) is 14.0 Å². The number of benzene rings is 2. The van der Waals surface area contributed by atoms with Crippen LogP contribution < -0.4 is 14.8 Å². The summed E-state index contributed by atoms with van der Waals surface area (Å²) in [5.74, 6) is 0.0788. The normalized spacial score (nSPS) is 13.5. The fourth-order valence-electron chi connectivity index (χ4n) is 2.71. The molecule has 1 N–H and O–H groups in total. The third kappa shape index (κ3) is 4.46. The molecule has 1 amide bonds. The molecule has 0 saturated carbocycles. The van der Waals surface area contributed by atoms with Gasteiger partial charge in [-0.15, -0.1) is 0 Å². The van der Waals surface area contributed by atoms with E-state index in [2.05, 4.69) is 5.32 Å². The first kappa shape index (κ1) is 19.8. The van der Waals surface area contributed by atoms with Gasteiger partial charge in [-0.2, -0.15) is 0 Å². The van der Waals surface area contributed by atoms with E-state index >= 15 is 0 Å². The van der Waals surface area contributed by atoms with E-state index in [1.54, 1.807) is 36.4 Å². The van der Waals surface area contributed by atoms with E-state index in [-0.39, 0.29) is 6.61 Å². The van der Waals surface area contributed by atoms with E-state index in [0.717, 1.165) is 5.56 Å². The van der Waals surface area contributed by atoms with Crippen LogP contribution in [0.4, 0.5) is 5.69 Å². The number of hydrogen-bond donors (Lipinski definition) is 1. The number of aryl methyl sites for hydroxylation is 1. The molecular weight excluding hydrogens is 382 g/mol. The van der Waals surface area contributed by atoms with Crippen LogP contribution in [0.25, 0.3) is 6.08 Å². The zero-order chi connectivity index (χ0) is 20.3. The fourth-order valence-corrected chi connectivity index (χ4v) is 2.89. The minimum absolute atomic E-state index is 0.0630. The molecule has 0 spiro atoms. The van der Waals surface area contributed by atoms with Crippen LogP contribution in [0.2, 0.25) is 5.02 Å². The Balaban J connectivity index is 1.67. The SMILES string of the molecule is COc1ccc(C)cc1NC(=O)C(C)OC(=O)C1=Cc2cc(Cl)ccc2OC1. The number of anilines is 1. The van der Waals surface area contributed by atoms with Gasteiger partial charge in [-0.25, -0.2) is 4.79 Å². The van der Waals surface area contributed by atoms with E-state index in [1.807, 2.05) is 13.0 Å². The van der Waals surface area contributed by atoms with Crippen molar-refractivity contribution in [3.63, 3.8) is 0 Å². The van der Waals surface area contributed by atoms with Crippen molar-refractivity contribution in [2.75, 3.05) is 19.0 Å². The minimum Gasteiger partial charge on any atom is -0.495 e. The molecule has 1 unspecified atom stereocenters. The van der Waals surface area contributed by atoms with Gasteiger partial charge in [-0.1, -0.05) is 17.7 Å². The molecule has 6 nitrogen and oxygen atoms in total. The van der Waals surface area contributed by atoms with Gasteiger partial charge in [-0.3, -0.25) is 4.79 Å². The number of methoxy groups -OCH3 is 1. The summed E-state index contributed by atoms with van der Waals surface area (Å²) in [5.41, 5.74) is 2.47. The third-order valence-corrected chi connectivity index (χ3v) is 4.45. The highest BCUT2D eigenvalue weighted by molar-refractivity contribution is 6.30. The van der Waals surface area contributed by atoms with E-state index in [0.29, 0.717) is 33.3 Å². The smallest absolute Gasteiger partial charge is 0.338 e. The van der Waals surface area contributed by atoms with Crippen molar-refractivity contribution in [1.29, 1.82) is 0 Å². The van der Waals surface area contributed by atoms with Gasteiger partial charge in [0.2, 0.25) is 0 Å². The van der Waals surface area contributed by atoms with Crippen LogP contribution in [0, 0.1) is 6.92 Å². The maximum absolute atomic E-state index is 12.4. The standard InChI is InChI=1S/C21H20ClNO5/c1-12-4-6-19(26-3)17(8-12)23-20(24)13(2)28-21(25)15-9-14-10-16(22)5-7-18(14)27-11-15/h4-10,13H,11H2,1-3H3,(H,23,24). The summed E-state index contributed by atoms with van der Waals surface area (Å²) >= 11 is 5.98. The lowest BCUT2D eigenvalue weighted by atomic mass is 10.1. The molecule has 0 saturated heterocycles. The lowest BCUT2D eigenvalue weighted by Crippen LogP contribution is -2.31. The lowest BCUT2D eigenvalue weighted by Gasteiger charge is -2.19. The van der Waals surface area contributed by atoms with E-state index in [4.69, 9.17) is 25.8 Å². The van der Waals surface area contributed by atoms with Gasteiger partial charge in [0.1, 0.15) is 18.1 Å². The van der Waals surface area contributed by atoms with Crippen LogP contribution in [0.1, 0.15) is 18.1 Å². The number of halogens is 1. The molecule has 2 aromatic rings. The van der Waals surface area contributed by atoms with Gasteiger partial charge in [-0.05, 0) is 55.8 Å². The van der Waals surface area contributed by atoms with Crippen molar-refractivity contribution in [1.82, 2.24) is 0 Å².